The van der Waals surface area contributed by atoms with Crippen molar-refractivity contribution in [2.75, 3.05) is 0 Å². The van der Waals surface area contributed by atoms with Gasteiger partial charge in [-0.25, -0.2) is 0 Å². The van der Waals surface area contributed by atoms with Gasteiger partial charge in [-0.15, -0.1) is 0 Å². The summed E-state index contributed by atoms with van der Waals surface area (Å²) < 4.78 is 5.83. The van der Waals surface area contributed by atoms with E-state index in [1.165, 1.54) is 18.1 Å². The van der Waals surface area contributed by atoms with E-state index in [2.05, 4.69) is 54.5 Å². The highest BCUT2D eigenvalue weighted by Crippen LogP contribution is 2.74. The number of carbonyl (C=O) groups is 3. The number of ketones is 2. The smallest absolute Gasteiger partial charge is 0.302 e. The van der Waals surface area contributed by atoms with Crippen molar-refractivity contribution in [2.24, 2.45) is 44.3 Å². The molecule has 4 nitrogen and oxygen atoms in total. The van der Waals surface area contributed by atoms with Crippen molar-refractivity contribution in [3.8, 4) is 0 Å². The minimum absolute atomic E-state index is 0.0367. The maximum atomic E-state index is 14.4. The number of esters is 1. The molecule has 0 aliphatic heterocycles. The number of carbonyl (C=O) groups excluding carboxylic acids is 3. The maximum absolute atomic E-state index is 14.4. The lowest BCUT2D eigenvalue weighted by Gasteiger charge is -2.69. The van der Waals surface area contributed by atoms with Crippen LogP contribution >= 0.6 is 0 Å². The number of ether oxygens (including phenoxy) is 1. The first-order valence-electron chi connectivity index (χ1n) is 14.6. The van der Waals surface area contributed by atoms with Crippen molar-refractivity contribution >= 4 is 17.5 Å². The third-order valence-corrected chi connectivity index (χ3v) is 13.0. The molecule has 37 heavy (non-hydrogen) atoms. The minimum Gasteiger partial charge on any atom is -0.462 e. The lowest BCUT2D eigenvalue weighted by molar-refractivity contribution is -0.206. The van der Waals surface area contributed by atoms with E-state index in [0.717, 1.165) is 51.4 Å². The highest BCUT2D eigenvalue weighted by molar-refractivity contribution is 5.97. The molecule has 204 valence electrons. The molecule has 0 saturated heterocycles. The summed E-state index contributed by atoms with van der Waals surface area (Å²) in [4.78, 5) is 39.0. The predicted molar refractivity (Wildman–Crippen MR) is 146 cm³/mol. The van der Waals surface area contributed by atoms with Gasteiger partial charge in [0.05, 0.1) is 0 Å². The Morgan fingerprint density at radius 1 is 0.838 bits per heavy atom. The van der Waals surface area contributed by atoms with Crippen molar-refractivity contribution in [3.05, 3.63) is 23.3 Å². The molecule has 0 N–H and O–H groups in total. The predicted octanol–water partition coefficient (Wildman–Crippen LogP) is 7.41. The first-order valence-corrected chi connectivity index (χ1v) is 14.6. The van der Waals surface area contributed by atoms with E-state index in [0.29, 0.717) is 5.92 Å². The first kappa shape index (κ1) is 26.9. The summed E-state index contributed by atoms with van der Waals surface area (Å²) in [6.45, 7) is 19.4. The summed E-state index contributed by atoms with van der Waals surface area (Å²) in [6.07, 6.45) is 12.1. The van der Waals surface area contributed by atoms with Crippen LogP contribution in [0.2, 0.25) is 0 Å². The van der Waals surface area contributed by atoms with E-state index in [1.54, 1.807) is 6.92 Å². The largest absolute Gasteiger partial charge is 0.462 e. The zero-order valence-corrected chi connectivity index (χ0v) is 24.7. The third-order valence-electron chi connectivity index (χ3n) is 13.0. The van der Waals surface area contributed by atoms with Crippen LogP contribution in [0, 0.1) is 44.3 Å². The Hall–Kier alpha value is -1.71. The topological polar surface area (TPSA) is 60.4 Å². The summed E-state index contributed by atoms with van der Waals surface area (Å²) >= 11 is 0. The van der Waals surface area contributed by atoms with Gasteiger partial charge in [0, 0.05) is 23.7 Å². The molecule has 5 aliphatic rings. The standard InChI is InChI=1S/C33H48O4/c1-20(34)30(6)15-14-29(5)16-17-32(8)22(23(29)19-30)18-24(36)27-31(7)12-11-26(37-21(2)35)28(3,4)25(31)10-13-33(27,32)9/h18-19,25-27H,10-17H2,1-9H3/t25-,26-,27+,29+,30-,31-,32+,33+/m0/s1. The second-order valence-electron chi connectivity index (χ2n) is 15.3. The fourth-order valence-corrected chi connectivity index (χ4v) is 10.3. The van der Waals surface area contributed by atoms with Crippen molar-refractivity contribution in [2.45, 2.75) is 120 Å². The fourth-order valence-electron chi connectivity index (χ4n) is 10.3. The highest BCUT2D eigenvalue weighted by atomic mass is 16.5. The average molecular weight is 509 g/mol. The molecule has 5 aliphatic carbocycles. The van der Waals surface area contributed by atoms with Gasteiger partial charge in [-0.2, -0.15) is 0 Å². The molecule has 0 aromatic heterocycles. The summed E-state index contributed by atoms with van der Waals surface area (Å²) in [5, 5.41) is 0. The zero-order valence-electron chi connectivity index (χ0n) is 24.7. The van der Waals surface area contributed by atoms with Crippen LogP contribution in [0.4, 0.5) is 0 Å². The van der Waals surface area contributed by atoms with Gasteiger partial charge in [0.15, 0.2) is 5.78 Å². The minimum atomic E-state index is -0.447. The van der Waals surface area contributed by atoms with Gasteiger partial charge in [0.1, 0.15) is 11.9 Å². The van der Waals surface area contributed by atoms with E-state index < -0.39 is 5.41 Å². The molecule has 5 rings (SSSR count). The van der Waals surface area contributed by atoms with Crippen molar-refractivity contribution in [1.29, 1.82) is 0 Å². The average Bonchev–Trinajstić information content (AvgIpc) is 2.78. The zero-order chi connectivity index (χ0) is 27.4. The van der Waals surface area contributed by atoms with Gasteiger partial charge < -0.3 is 4.74 Å². The van der Waals surface area contributed by atoms with E-state index >= 15 is 0 Å². The lowest BCUT2D eigenvalue weighted by Crippen LogP contribution is -2.66. The normalized spacial score (nSPS) is 48.4. The highest BCUT2D eigenvalue weighted by Gasteiger charge is 2.69. The Labute approximate surface area is 224 Å². The number of rotatable bonds is 2. The summed E-state index contributed by atoms with van der Waals surface area (Å²) in [7, 11) is 0. The van der Waals surface area contributed by atoms with E-state index in [9.17, 15) is 14.4 Å². The maximum Gasteiger partial charge on any atom is 0.302 e. The number of allylic oxidation sites excluding steroid dienone is 4. The molecular formula is C33H48O4. The molecule has 0 amide bonds. The number of Topliss-reactive ketones (excluding diaryl/α,β-unsaturated/α-hetero) is 1. The lowest BCUT2D eigenvalue weighted by atomic mass is 9.34. The van der Waals surface area contributed by atoms with Crippen molar-refractivity contribution in [3.63, 3.8) is 0 Å². The monoisotopic (exact) mass is 508 g/mol. The molecule has 0 radical (unpaired) electrons. The number of fused-ring (bicyclic) bond motifs is 7. The van der Waals surface area contributed by atoms with Crippen LogP contribution in [0.15, 0.2) is 23.3 Å². The first-order chi connectivity index (χ1) is 16.9. The van der Waals surface area contributed by atoms with Crippen LogP contribution in [-0.4, -0.2) is 23.6 Å². The van der Waals surface area contributed by atoms with Crippen LogP contribution in [0.5, 0.6) is 0 Å². The van der Waals surface area contributed by atoms with Crippen LogP contribution in [-0.2, 0) is 19.1 Å². The Kier molecular flexibility index (Phi) is 5.75. The number of hydrogen-bond donors (Lipinski definition) is 0. The summed E-state index contributed by atoms with van der Waals surface area (Å²) in [5.74, 6) is 0.574. The molecule has 0 aromatic rings. The Bertz CT molecular complexity index is 1130. The van der Waals surface area contributed by atoms with Gasteiger partial charge in [-0.1, -0.05) is 47.6 Å². The van der Waals surface area contributed by atoms with Crippen LogP contribution in [0.1, 0.15) is 114 Å². The van der Waals surface area contributed by atoms with Crippen molar-refractivity contribution < 1.29 is 19.1 Å². The Morgan fingerprint density at radius 3 is 2.11 bits per heavy atom. The molecule has 4 heteroatoms. The summed E-state index contributed by atoms with van der Waals surface area (Å²) in [5.41, 5.74) is 1.55. The molecule has 0 aromatic carbocycles. The van der Waals surface area contributed by atoms with E-state index in [4.69, 9.17) is 4.74 Å². The van der Waals surface area contributed by atoms with Gasteiger partial charge in [0.2, 0.25) is 0 Å². The second-order valence-corrected chi connectivity index (χ2v) is 15.3. The Balaban J connectivity index is 1.62. The molecule has 8 atom stereocenters. The fraction of sp³-hybridized carbons (Fsp3) is 0.788. The molecular weight excluding hydrogens is 460 g/mol. The SMILES string of the molecule is CC(=O)O[C@H]1CC[C@]2(C)[C@H]3C(=O)C=C4C5=C[C@@](C)(C(C)=O)CC[C@]5(C)CC[C@@]4(C)[C@]3(C)CC[C@H]2C1(C)C. The summed E-state index contributed by atoms with van der Waals surface area (Å²) in [6, 6.07) is 0. The molecule has 0 spiro atoms. The van der Waals surface area contributed by atoms with Gasteiger partial charge >= 0.3 is 5.97 Å². The van der Waals surface area contributed by atoms with Crippen LogP contribution < -0.4 is 0 Å². The van der Waals surface area contributed by atoms with Crippen molar-refractivity contribution in [1.82, 2.24) is 0 Å². The number of hydrogen-bond acceptors (Lipinski definition) is 4. The van der Waals surface area contributed by atoms with E-state index in [1.807, 2.05) is 6.08 Å². The molecule has 0 unspecified atom stereocenters. The molecule has 0 bridgehead atoms. The van der Waals surface area contributed by atoms with Crippen LogP contribution in [0.25, 0.3) is 0 Å². The molecule has 3 saturated carbocycles. The van der Waals surface area contributed by atoms with E-state index in [-0.39, 0.29) is 56.6 Å². The van der Waals surface area contributed by atoms with Gasteiger partial charge in [-0.3, -0.25) is 14.4 Å². The quantitative estimate of drug-likeness (QED) is 0.364. The molecule has 0 heterocycles. The second kappa shape index (κ2) is 7.92. The van der Waals surface area contributed by atoms with Gasteiger partial charge in [-0.05, 0) is 110 Å². The van der Waals surface area contributed by atoms with Crippen LogP contribution in [0.3, 0.4) is 0 Å². The molecule has 3 fully saturated rings. The van der Waals surface area contributed by atoms with Gasteiger partial charge in [0.25, 0.3) is 0 Å². The Morgan fingerprint density at radius 2 is 1.49 bits per heavy atom. The third kappa shape index (κ3) is 3.42.